The minimum atomic E-state index is -3.71. The number of para-hydroxylation sites is 1. The molecule has 2 aromatic rings. The van der Waals surface area contributed by atoms with Crippen molar-refractivity contribution in [3.05, 3.63) is 54.1 Å². The van der Waals surface area contributed by atoms with Gasteiger partial charge in [0.25, 0.3) is 0 Å². The fourth-order valence-corrected chi connectivity index (χ4v) is 2.60. The van der Waals surface area contributed by atoms with Gasteiger partial charge < -0.3 is 11.1 Å². The lowest BCUT2D eigenvalue weighted by molar-refractivity contribution is 0.598. The molecule has 0 spiro atoms. The first-order valence-corrected chi connectivity index (χ1v) is 7.71. The number of sulfonamides is 1. The van der Waals surface area contributed by atoms with E-state index in [-0.39, 0.29) is 4.90 Å². The lowest BCUT2D eigenvalue weighted by Gasteiger charge is -2.10. The van der Waals surface area contributed by atoms with E-state index < -0.39 is 10.0 Å². The zero-order chi connectivity index (χ0) is 14.6. The molecule has 6 heteroatoms. The molecule has 5 N–H and O–H groups in total. The predicted octanol–water partition coefficient (Wildman–Crippen LogP) is 1.57. The predicted molar refractivity (Wildman–Crippen MR) is 80.9 cm³/mol. The van der Waals surface area contributed by atoms with Gasteiger partial charge >= 0.3 is 0 Å². The van der Waals surface area contributed by atoms with E-state index in [1.54, 1.807) is 18.2 Å². The Morgan fingerprint density at radius 3 is 2.30 bits per heavy atom. The van der Waals surface area contributed by atoms with E-state index in [1.165, 1.54) is 6.07 Å². The van der Waals surface area contributed by atoms with Crippen LogP contribution in [0.1, 0.15) is 5.56 Å². The SMILES string of the molecule is Nc1ccc(CCNc2ccccc2S(N)(=O)=O)cc1. The Morgan fingerprint density at radius 2 is 1.65 bits per heavy atom. The third kappa shape index (κ3) is 3.72. The minimum absolute atomic E-state index is 0.109. The Bertz CT molecular complexity index is 682. The monoisotopic (exact) mass is 291 g/mol. The topological polar surface area (TPSA) is 98.2 Å². The van der Waals surface area contributed by atoms with Gasteiger partial charge in [0, 0.05) is 12.2 Å². The molecule has 0 radical (unpaired) electrons. The number of nitrogen functional groups attached to an aromatic ring is 1. The number of rotatable bonds is 5. The second-order valence-electron chi connectivity index (χ2n) is 4.46. The summed E-state index contributed by atoms with van der Waals surface area (Å²) < 4.78 is 22.9. The van der Waals surface area contributed by atoms with E-state index in [1.807, 2.05) is 24.3 Å². The Balaban J connectivity index is 2.03. The van der Waals surface area contributed by atoms with Crippen LogP contribution < -0.4 is 16.2 Å². The zero-order valence-corrected chi connectivity index (χ0v) is 11.7. The van der Waals surface area contributed by atoms with Crippen molar-refractivity contribution in [1.82, 2.24) is 0 Å². The molecule has 0 unspecified atom stereocenters. The molecule has 0 heterocycles. The number of nitrogens with one attached hydrogen (secondary N) is 1. The molecule has 5 nitrogen and oxygen atoms in total. The van der Waals surface area contributed by atoms with Gasteiger partial charge in [-0.2, -0.15) is 0 Å². The molecular formula is C14H17N3O2S. The maximum absolute atomic E-state index is 11.4. The summed E-state index contributed by atoms with van der Waals surface area (Å²) in [6.07, 6.45) is 0.763. The van der Waals surface area contributed by atoms with Gasteiger partial charge in [-0.3, -0.25) is 0 Å². The first kappa shape index (κ1) is 14.4. The molecular weight excluding hydrogens is 274 g/mol. The van der Waals surface area contributed by atoms with Gasteiger partial charge in [-0.05, 0) is 36.2 Å². The number of nitrogens with two attached hydrogens (primary N) is 2. The molecule has 0 amide bonds. The van der Waals surface area contributed by atoms with Crippen molar-refractivity contribution >= 4 is 21.4 Å². The highest BCUT2D eigenvalue weighted by Crippen LogP contribution is 2.19. The number of hydrogen-bond acceptors (Lipinski definition) is 4. The molecule has 20 heavy (non-hydrogen) atoms. The Morgan fingerprint density at radius 1 is 1.00 bits per heavy atom. The van der Waals surface area contributed by atoms with Gasteiger partial charge in [-0.1, -0.05) is 24.3 Å². The van der Waals surface area contributed by atoms with Crippen molar-refractivity contribution in [1.29, 1.82) is 0 Å². The second-order valence-corrected chi connectivity index (χ2v) is 5.99. The summed E-state index contributed by atoms with van der Waals surface area (Å²) in [5, 5.41) is 8.27. The van der Waals surface area contributed by atoms with Crippen molar-refractivity contribution in [2.45, 2.75) is 11.3 Å². The molecule has 0 fully saturated rings. The molecule has 0 aliphatic carbocycles. The van der Waals surface area contributed by atoms with Crippen LogP contribution in [0.3, 0.4) is 0 Å². The van der Waals surface area contributed by atoms with Crippen molar-refractivity contribution < 1.29 is 8.42 Å². The Kier molecular flexibility index (Phi) is 4.26. The maximum Gasteiger partial charge on any atom is 0.240 e. The van der Waals surface area contributed by atoms with E-state index >= 15 is 0 Å². The summed E-state index contributed by atoms with van der Waals surface area (Å²) in [5.41, 5.74) is 7.99. The van der Waals surface area contributed by atoms with Crippen molar-refractivity contribution in [2.24, 2.45) is 5.14 Å². The Hall–Kier alpha value is -2.05. The fourth-order valence-electron chi connectivity index (χ4n) is 1.89. The minimum Gasteiger partial charge on any atom is -0.399 e. The number of primary sulfonamides is 1. The smallest absolute Gasteiger partial charge is 0.240 e. The van der Waals surface area contributed by atoms with Gasteiger partial charge in [-0.15, -0.1) is 0 Å². The molecule has 0 aliphatic heterocycles. The van der Waals surface area contributed by atoms with Gasteiger partial charge in [0.05, 0.1) is 5.69 Å². The number of anilines is 2. The number of benzene rings is 2. The van der Waals surface area contributed by atoms with Crippen LogP contribution >= 0.6 is 0 Å². The molecule has 0 atom stereocenters. The number of hydrogen-bond donors (Lipinski definition) is 3. The molecule has 0 saturated carbocycles. The lowest BCUT2D eigenvalue weighted by Crippen LogP contribution is -2.15. The van der Waals surface area contributed by atoms with E-state index in [0.29, 0.717) is 12.2 Å². The fraction of sp³-hybridized carbons (Fsp3) is 0.143. The first-order valence-electron chi connectivity index (χ1n) is 6.17. The zero-order valence-electron chi connectivity index (χ0n) is 10.9. The van der Waals surface area contributed by atoms with Crippen LogP contribution in [0.2, 0.25) is 0 Å². The van der Waals surface area contributed by atoms with Crippen molar-refractivity contribution in [3.8, 4) is 0 Å². The van der Waals surface area contributed by atoms with E-state index in [9.17, 15) is 8.42 Å². The van der Waals surface area contributed by atoms with Crippen LogP contribution in [0.4, 0.5) is 11.4 Å². The van der Waals surface area contributed by atoms with Crippen LogP contribution in [-0.4, -0.2) is 15.0 Å². The highest BCUT2D eigenvalue weighted by atomic mass is 32.2. The van der Waals surface area contributed by atoms with Crippen LogP contribution in [-0.2, 0) is 16.4 Å². The molecule has 0 aromatic heterocycles. The molecule has 0 aliphatic rings. The van der Waals surface area contributed by atoms with E-state index in [4.69, 9.17) is 10.9 Å². The standard InChI is InChI=1S/C14H17N3O2S/c15-12-7-5-11(6-8-12)9-10-17-13-3-1-2-4-14(13)20(16,18)19/h1-8,17H,9-10,15H2,(H2,16,18,19). The molecule has 2 aromatic carbocycles. The summed E-state index contributed by atoms with van der Waals surface area (Å²) in [5.74, 6) is 0. The molecule has 106 valence electrons. The summed E-state index contributed by atoms with van der Waals surface area (Å²) in [4.78, 5) is 0.109. The van der Waals surface area contributed by atoms with Gasteiger partial charge in [-0.25, -0.2) is 13.6 Å². The van der Waals surface area contributed by atoms with Gasteiger partial charge in [0.1, 0.15) is 4.90 Å². The normalized spacial score (nSPS) is 11.2. The second kappa shape index (κ2) is 5.94. The highest BCUT2D eigenvalue weighted by Gasteiger charge is 2.12. The van der Waals surface area contributed by atoms with Gasteiger partial charge in [0.2, 0.25) is 10.0 Å². The molecule has 0 saturated heterocycles. The maximum atomic E-state index is 11.4. The van der Waals surface area contributed by atoms with E-state index in [2.05, 4.69) is 5.32 Å². The summed E-state index contributed by atoms with van der Waals surface area (Å²) in [6.45, 7) is 0.608. The largest absolute Gasteiger partial charge is 0.399 e. The van der Waals surface area contributed by atoms with Crippen LogP contribution in [0.15, 0.2) is 53.4 Å². The van der Waals surface area contributed by atoms with Crippen molar-refractivity contribution in [2.75, 3.05) is 17.6 Å². The van der Waals surface area contributed by atoms with Crippen LogP contribution in [0, 0.1) is 0 Å². The average molecular weight is 291 g/mol. The molecule has 0 bridgehead atoms. The average Bonchev–Trinajstić information content (AvgIpc) is 2.40. The highest BCUT2D eigenvalue weighted by molar-refractivity contribution is 7.89. The molecule has 2 rings (SSSR count). The quantitative estimate of drug-likeness (QED) is 0.728. The summed E-state index contributed by atoms with van der Waals surface area (Å²) >= 11 is 0. The van der Waals surface area contributed by atoms with Crippen molar-refractivity contribution in [3.63, 3.8) is 0 Å². The Labute approximate surface area is 118 Å². The summed E-state index contributed by atoms with van der Waals surface area (Å²) in [6, 6.07) is 14.2. The third-order valence-electron chi connectivity index (χ3n) is 2.90. The third-order valence-corrected chi connectivity index (χ3v) is 3.87. The van der Waals surface area contributed by atoms with E-state index in [0.717, 1.165) is 17.7 Å². The lowest BCUT2D eigenvalue weighted by atomic mass is 10.1. The summed E-state index contributed by atoms with van der Waals surface area (Å²) in [7, 11) is -3.71. The van der Waals surface area contributed by atoms with Crippen LogP contribution in [0.25, 0.3) is 0 Å². The first-order chi connectivity index (χ1) is 9.47. The van der Waals surface area contributed by atoms with Gasteiger partial charge in [0.15, 0.2) is 0 Å². The van der Waals surface area contributed by atoms with Crippen LogP contribution in [0.5, 0.6) is 0 Å².